The summed E-state index contributed by atoms with van der Waals surface area (Å²) in [6.07, 6.45) is 2.04. The van der Waals surface area contributed by atoms with Gasteiger partial charge in [-0.05, 0) is 101 Å². The van der Waals surface area contributed by atoms with E-state index in [1.165, 1.54) is 0 Å². The molecule has 0 aromatic rings. The van der Waals surface area contributed by atoms with Crippen LogP contribution in [0.25, 0.3) is 0 Å². The summed E-state index contributed by atoms with van der Waals surface area (Å²) < 4.78 is 20.8. The molecule has 3 heterocycles. The molecule has 0 aliphatic carbocycles. The molecule has 0 aromatic carbocycles. The minimum absolute atomic E-state index is 0.00499. The van der Waals surface area contributed by atoms with Gasteiger partial charge in [0.15, 0.2) is 0 Å². The second kappa shape index (κ2) is 39.2. The lowest BCUT2D eigenvalue weighted by Gasteiger charge is -2.25. The van der Waals surface area contributed by atoms with E-state index in [0.29, 0.717) is 38.0 Å². The van der Waals surface area contributed by atoms with Gasteiger partial charge in [-0.3, -0.25) is 47.9 Å². The van der Waals surface area contributed by atoms with Crippen molar-refractivity contribution in [3.8, 4) is 0 Å². The van der Waals surface area contributed by atoms with E-state index in [1.54, 1.807) is 34.6 Å². The van der Waals surface area contributed by atoms with Gasteiger partial charge in [-0.25, -0.2) is 4.79 Å². The minimum Gasteiger partial charge on any atom is -0.499 e. The molecule has 0 aromatic heterocycles. The van der Waals surface area contributed by atoms with Crippen LogP contribution in [0.2, 0.25) is 0 Å². The van der Waals surface area contributed by atoms with Crippen LogP contribution in [0.4, 0.5) is 0 Å². The van der Waals surface area contributed by atoms with E-state index in [1.807, 2.05) is 104 Å². The zero-order valence-corrected chi connectivity index (χ0v) is 56.0. The van der Waals surface area contributed by atoms with Gasteiger partial charge in [0, 0.05) is 96.7 Å². The zero-order valence-electron chi connectivity index (χ0n) is 56.0. The van der Waals surface area contributed by atoms with Crippen LogP contribution in [0.1, 0.15) is 196 Å². The quantitative estimate of drug-likeness (QED) is 0.0219. The van der Waals surface area contributed by atoms with Crippen LogP contribution in [0.3, 0.4) is 0 Å². The summed E-state index contributed by atoms with van der Waals surface area (Å²) in [5.74, 6) is -3.82. The number of nitrogens with zero attached hydrogens (tertiary/aromatic N) is 2. The maximum atomic E-state index is 12.4. The summed E-state index contributed by atoms with van der Waals surface area (Å²) >= 11 is 0. The first-order chi connectivity index (χ1) is 40.2. The van der Waals surface area contributed by atoms with Crippen LogP contribution in [-0.4, -0.2) is 125 Å². The molecule has 0 spiro atoms. The zero-order chi connectivity index (χ0) is 67.4. The number of cyclic esters (lactones) is 1. The van der Waals surface area contributed by atoms with Crippen LogP contribution in [0.5, 0.6) is 0 Å². The van der Waals surface area contributed by atoms with Crippen LogP contribution in [0, 0.1) is 58.7 Å². The Kier molecular flexibility index (Phi) is 36.1. The fraction of sp³-hybridized carbons (Fsp3) is 0.734. The standard InChI is InChI=1S/C20H32N2O6.C16H27NO5.C15H24N2O4.C13H25NO2/c1-7-27-20(26)16(11-14(5)19(25)21-12(2)3)10-13(4)15(6)28-22-17(23)8-9-18(22)24;1-9(2)17-13(18)10(3)7-11(4)14(19)22-12-15(20)21-8-16(12,5)6;1-9(2)16-15(20)11(4)8-10(3)12(5)21-17-13(18)6-7-14(17)19;1-7-16-12(6)10(4)8-11(5)13(15)14-9(2)3/h12-14,16H,6-11H2,1-5H3,(H,21,25);9-12H,7-8H2,1-6H3,(H,17,18);9-11H,5-8H2,1-4H3,(H,16,20);9-11H,6-8H2,1-5H3,(H,14,15)/t;10?,11?,12-;;/m.0../s1. The smallest absolute Gasteiger partial charge is 0.348 e. The predicted octanol–water partition coefficient (Wildman–Crippen LogP) is 8.50. The largest absolute Gasteiger partial charge is 0.499 e. The van der Waals surface area contributed by atoms with E-state index in [4.69, 9.17) is 28.6 Å². The third kappa shape index (κ3) is 30.1. The molecule has 3 aliphatic heterocycles. The van der Waals surface area contributed by atoms with Gasteiger partial charge >= 0.3 is 17.9 Å². The number of hydroxylamine groups is 4. The number of carbonyl (C=O) groups excluding carboxylic acids is 11. The number of rotatable bonds is 31. The number of allylic oxidation sites excluding steroid dienone is 3. The Bertz CT molecular complexity index is 2330. The van der Waals surface area contributed by atoms with E-state index in [9.17, 15) is 52.7 Å². The van der Waals surface area contributed by atoms with Gasteiger partial charge in [-0.2, -0.15) is 0 Å². The molecule has 3 saturated heterocycles. The number of esters is 3. The molecule has 0 radical (unpaired) electrons. The molecular weight excluding hydrogens is 1120 g/mol. The summed E-state index contributed by atoms with van der Waals surface area (Å²) in [6.45, 7) is 49.8. The Labute approximate surface area is 518 Å². The van der Waals surface area contributed by atoms with Gasteiger partial charge in [0.1, 0.15) is 18.1 Å². The highest BCUT2D eigenvalue weighted by Gasteiger charge is 2.47. The molecule has 3 rings (SSSR count). The summed E-state index contributed by atoms with van der Waals surface area (Å²) in [6, 6.07) is 0.361. The monoisotopic (exact) mass is 1230 g/mol. The molecular formula is C64H108N6O17. The highest BCUT2D eigenvalue weighted by molar-refractivity contribution is 6.01. The van der Waals surface area contributed by atoms with Crippen molar-refractivity contribution >= 4 is 65.2 Å². The van der Waals surface area contributed by atoms with Crippen LogP contribution < -0.4 is 21.3 Å². The van der Waals surface area contributed by atoms with Crippen molar-refractivity contribution in [1.82, 2.24) is 31.4 Å². The van der Waals surface area contributed by atoms with E-state index < -0.39 is 47.1 Å². The molecule has 0 saturated carbocycles. The van der Waals surface area contributed by atoms with Crippen LogP contribution >= 0.6 is 0 Å². The van der Waals surface area contributed by atoms with E-state index in [0.717, 1.165) is 22.3 Å². The molecule has 23 nitrogen and oxygen atoms in total. The second-order valence-electron chi connectivity index (χ2n) is 25.1. The lowest BCUT2D eigenvalue weighted by atomic mass is 9.87. The third-order valence-electron chi connectivity index (χ3n) is 14.1. The van der Waals surface area contributed by atoms with Crippen molar-refractivity contribution in [2.45, 2.75) is 227 Å². The molecule has 3 aliphatic rings. The Hall–Kier alpha value is -6.81. The first-order valence-corrected chi connectivity index (χ1v) is 30.7. The van der Waals surface area contributed by atoms with Gasteiger partial charge in [0.2, 0.25) is 29.7 Å². The Morgan fingerprint density at radius 2 is 0.759 bits per heavy atom. The minimum atomic E-state index is -0.873. The highest BCUT2D eigenvalue weighted by Crippen LogP contribution is 2.33. The molecule has 23 heteroatoms. The van der Waals surface area contributed by atoms with Crippen molar-refractivity contribution in [3.63, 3.8) is 0 Å². The van der Waals surface area contributed by atoms with Crippen molar-refractivity contribution in [2.24, 2.45) is 58.7 Å². The van der Waals surface area contributed by atoms with Crippen molar-refractivity contribution < 1.29 is 81.4 Å². The third-order valence-corrected chi connectivity index (χ3v) is 14.1. The Morgan fingerprint density at radius 3 is 1.07 bits per heavy atom. The topological polar surface area (TPSA) is 298 Å². The van der Waals surface area contributed by atoms with Crippen molar-refractivity contribution in [2.75, 3.05) is 19.8 Å². The second-order valence-corrected chi connectivity index (χ2v) is 25.1. The van der Waals surface area contributed by atoms with E-state index in [-0.39, 0.29) is 152 Å². The summed E-state index contributed by atoms with van der Waals surface area (Å²) in [5.41, 5.74) is -0.521. The first-order valence-electron chi connectivity index (χ1n) is 30.7. The van der Waals surface area contributed by atoms with Crippen molar-refractivity contribution in [3.05, 3.63) is 37.0 Å². The number of amides is 8. The predicted molar refractivity (Wildman–Crippen MR) is 328 cm³/mol. The average Bonchev–Trinajstić information content (AvgIpc) is 3.11. The number of carbonyl (C=O) groups is 11. The van der Waals surface area contributed by atoms with Crippen LogP contribution in [0.15, 0.2) is 37.0 Å². The molecule has 0 bridgehead atoms. The highest BCUT2D eigenvalue weighted by atomic mass is 16.7. The summed E-state index contributed by atoms with van der Waals surface area (Å²) in [5, 5.41) is 12.9. The molecule has 8 amide bonds. The molecule has 4 N–H and O–H groups in total. The van der Waals surface area contributed by atoms with E-state index in [2.05, 4.69) is 41.0 Å². The Morgan fingerprint density at radius 1 is 0.460 bits per heavy atom. The molecule has 10 atom stereocenters. The summed E-state index contributed by atoms with van der Waals surface area (Å²) in [7, 11) is 0. The van der Waals surface area contributed by atoms with Crippen LogP contribution in [-0.2, 0) is 81.4 Å². The number of hydrogen-bond acceptors (Lipinski definition) is 17. The normalized spacial score (nSPS) is 18.3. The van der Waals surface area contributed by atoms with Gasteiger partial charge in [0.25, 0.3) is 23.6 Å². The SMILES string of the molecule is C=C(OCC)C(C)CC(C)C(=O)NC(C)C.C=C(ON1C(=O)CCC1=O)C(C)CC(C)C(=O)NC(C)C.C=C(ON1C(=O)CCC1=O)C(C)CC(CC(C)C(=O)NC(C)C)C(=O)OCC.CC(C)NC(=O)C(C)CC(C)C(=O)O[C@H]1C(=O)OCC1(C)C. The fourth-order valence-electron chi connectivity index (χ4n) is 8.84. The number of hydrogen-bond donors (Lipinski definition) is 4. The lowest BCUT2D eigenvalue weighted by molar-refractivity contribution is -0.179. The Balaban J connectivity index is 0.00000115. The van der Waals surface area contributed by atoms with Gasteiger partial charge in [0.05, 0.1) is 30.8 Å². The number of imide groups is 2. The average molecular weight is 1230 g/mol. The molecule has 9 unspecified atom stereocenters. The fourth-order valence-corrected chi connectivity index (χ4v) is 8.84. The number of ether oxygens (including phenoxy) is 4. The van der Waals surface area contributed by atoms with Crippen molar-refractivity contribution in [1.29, 1.82) is 0 Å². The number of nitrogens with one attached hydrogen (secondary N) is 4. The lowest BCUT2D eigenvalue weighted by Crippen LogP contribution is -2.38. The summed E-state index contributed by atoms with van der Waals surface area (Å²) in [4.78, 5) is 141. The first kappa shape index (κ1) is 80.2. The van der Waals surface area contributed by atoms with Gasteiger partial charge in [-0.15, -0.1) is 10.1 Å². The molecule has 496 valence electrons. The maximum Gasteiger partial charge on any atom is 0.348 e. The molecule has 3 fully saturated rings. The maximum absolute atomic E-state index is 12.4. The van der Waals surface area contributed by atoms with Gasteiger partial charge < -0.3 is 49.9 Å². The van der Waals surface area contributed by atoms with E-state index >= 15 is 0 Å². The molecule has 87 heavy (non-hydrogen) atoms. The van der Waals surface area contributed by atoms with Gasteiger partial charge in [-0.1, -0.05) is 89.0 Å².